The molecule has 3 heterocycles. The number of halogens is 4. The van der Waals surface area contributed by atoms with Crippen molar-refractivity contribution in [3.63, 3.8) is 0 Å². The van der Waals surface area contributed by atoms with Crippen LogP contribution in [0.5, 0.6) is 0 Å². The van der Waals surface area contributed by atoms with Gasteiger partial charge in [-0.2, -0.15) is 13.2 Å². The highest BCUT2D eigenvalue weighted by molar-refractivity contribution is 9.10. The van der Waals surface area contributed by atoms with Crippen molar-refractivity contribution >= 4 is 27.4 Å². The second kappa shape index (κ2) is 7.01. The molecule has 0 aromatic heterocycles. The van der Waals surface area contributed by atoms with Crippen LogP contribution >= 0.6 is 15.9 Å². The number of benzene rings is 1. The molecule has 0 fully saturated rings. The van der Waals surface area contributed by atoms with Crippen molar-refractivity contribution in [3.8, 4) is 11.4 Å². The van der Waals surface area contributed by atoms with Crippen molar-refractivity contribution in [2.24, 2.45) is 4.99 Å². The SMILES string of the molecule is Cc1nc2n3c(c(Br)cc-2c(=N[C@H](C)c2cc(N)cc(C(F)(F)F)c2)n1)NCC3. The van der Waals surface area contributed by atoms with E-state index in [-0.39, 0.29) is 5.69 Å². The predicted octanol–water partition coefficient (Wildman–Crippen LogP) is 4.14. The average molecular weight is 467 g/mol. The fraction of sp³-hybridized carbons (Fsp3) is 0.316. The molecule has 152 valence electrons. The van der Waals surface area contributed by atoms with Gasteiger partial charge in [0.1, 0.15) is 17.5 Å². The molecule has 0 aliphatic carbocycles. The topological polar surface area (TPSA) is 81.1 Å². The van der Waals surface area contributed by atoms with E-state index >= 15 is 0 Å². The molecular formula is C19H18BrF3N6. The van der Waals surface area contributed by atoms with Crippen LogP contribution in [0.25, 0.3) is 11.4 Å². The van der Waals surface area contributed by atoms with Crippen LogP contribution in [-0.4, -0.2) is 21.1 Å². The van der Waals surface area contributed by atoms with E-state index in [4.69, 9.17) is 5.73 Å². The standard InChI is InChI=1S/C19H18BrF3N6/c1-9(11-5-12(19(21,22)23)7-13(24)6-11)26-16-14-8-15(20)18-25-3-4-29(18)17(14)28-10(2)27-16/h5-9,25H,3-4,24H2,1-2H3/t9-/m1/s1. The van der Waals surface area contributed by atoms with Gasteiger partial charge in [-0.15, -0.1) is 0 Å². The van der Waals surface area contributed by atoms with Gasteiger partial charge >= 0.3 is 6.18 Å². The summed E-state index contributed by atoms with van der Waals surface area (Å²) in [5.41, 5.74) is 6.48. The third kappa shape index (κ3) is 3.68. The molecule has 6 nitrogen and oxygen atoms in total. The normalized spacial score (nSPS) is 15.4. The largest absolute Gasteiger partial charge is 0.416 e. The second-order valence-electron chi connectivity index (χ2n) is 6.94. The molecule has 4 rings (SSSR count). The van der Waals surface area contributed by atoms with E-state index in [2.05, 4.69) is 36.2 Å². The second-order valence-corrected chi connectivity index (χ2v) is 7.80. The molecule has 3 aliphatic heterocycles. The Hall–Kier alpha value is -2.62. The summed E-state index contributed by atoms with van der Waals surface area (Å²) in [6, 6.07) is 4.81. The molecule has 0 saturated carbocycles. The van der Waals surface area contributed by atoms with Crippen molar-refractivity contribution in [2.45, 2.75) is 32.6 Å². The number of aryl methyl sites for hydroxylation is 1. The van der Waals surface area contributed by atoms with Crippen LogP contribution in [0.1, 0.15) is 29.9 Å². The first kappa shape index (κ1) is 19.7. The molecule has 0 unspecified atom stereocenters. The summed E-state index contributed by atoms with van der Waals surface area (Å²) in [7, 11) is 0. The van der Waals surface area contributed by atoms with Gasteiger partial charge in [0.2, 0.25) is 0 Å². The maximum atomic E-state index is 13.2. The van der Waals surface area contributed by atoms with Crippen molar-refractivity contribution < 1.29 is 13.2 Å². The molecule has 1 aromatic carbocycles. The first-order valence-corrected chi connectivity index (χ1v) is 9.76. The van der Waals surface area contributed by atoms with Gasteiger partial charge in [-0.1, -0.05) is 0 Å². The zero-order chi connectivity index (χ0) is 20.9. The summed E-state index contributed by atoms with van der Waals surface area (Å²) in [5, 5.41) is 3.30. The van der Waals surface area contributed by atoms with Crippen LogP contribution in [0.3, 0.4) is 0 Å². The highest BCUT2D eigenvalue weighted by Crippen LogP contribution is 2.34. The smallest absolute Gasteiger partial charge is 0.399 e. The predicted molar refractivity (Wildman–Crippen MR) is 107 cm³/mol. The van der Waals surface area contributed by atoms with Crippen molar-refractivity contribution in [1.82, 2.24) is 14.5 Å². The molecule has 1 atom stereocenters. The Bertz CT molecular complexity index is 1140. The molecule has 0 saturated heterocycles. The van der Waals surface area contributed by atoms with Gasteiger partial charge in [0.15, 0.2) is 5.49 Å². The Balaban J connectivity index is 1.86. The Kier molecular flexibility index (Phi) is 4.76. The van der Waals surface area contributed by atoms with Crippen LogP contribution in [-0.2, 0) is 12.7 Å². The zero-order valence-electron chi connectivity index (χ0n) is 15.7. The molecule has 3 N–H and O–H groups in total. The van der Waals surface area contributed by atoms with E-state index in [1.54, 1.807) is 13.8 Å². The lowest BCUT2D eigenvalue weighted by atomic mass is 10.0. The Morgan fingerprint density at radius 1 is 1.24 bits per heavy atom. The number of fused-ring (bicyclic) bond motifs is 3. The molecule has 1 aromatic rings. The van der Waals surface area contributed by atoms with Gasteiger partial charge in [-0.25, -0.2) is 9.97 Å². The van der Waals surface area contributed by atoms with Gasteiger partial charge in [0, 0.05) is 18.8 Å². The van der Waals surface area contributed by atoms with Crippen LogP contribution in [0.2, 0.25) is 0 Å². The van der Waals surface area contributed by atoms with Crippen molar-refractivity contribution in [1.29, 1.82) is 0 Å². The van der Waals surface area contributed by atoms with Crippen LogP contribution in [0.4, 0.5) is 24.7 Å². The minimum Gasteiger partial charge on any atom is -0.399 e. The molecule has 0 spiro atoms. The summed E-state index contributed by atoms with van der Waals surface area (Å²) in [6.07, 6.45) is -4.48. The molecule has 10 heteroatoms. The fourth-order valence-corrected chi connectivity index (χ4v) is 4.02. The number of nitrogens with one attached hydrogen (secondary N) is 1. The third-order valence-corrected chi connectivity index (χ3v) is 5.38. The summed E-state index contributed by atoms with van der Waals surface area (Å²) < 4.78 is 42.3. The Labute approximate surface area is 173 Å². The number of hydrogen-bond donors (Lipinski definition) is 2. The van der Waals surface area contributed by atoms with E-state index in [1.165, 1.54) is 6.07 Å². The zero-order valence-corrected chi connectivity index (χ0v) is 17.3. The molecule has 29 heavy (non-hydrogen) atoms. The number of aromatic nitrogens is 3. The van der Waals surface area contributed by atoms with E-state index in [0.717, 1.165) is 46.9 Å². The highest BCUT2D eigenvalue weighted by Gasteiger charge is 2.31. The Morgan fingerprint density at radius 2 is 2.00 bits per heavy atom. The van der Waals surface area contributed by atoms with E-state index < -0.39 is 17.8 Å². The minimum atomic E-state index is -4.48. The number of nitrogen functional groups attached to an aromatic ring is 1. The summed E-state index contributed by atoms with van der Waals surface area (Å²) >= 11 is 3.55. The number of nitrogens with zero attached hydrogens (tertiary/aromatic N) is 4. The van der Waals surface area contributed by atoms with E-state index in [0.29, 0.717) is 16.9 Å². The number of anilines is 2. The van der Waals surface area contributed by atoms with Crippen LogP contribution in [0, 0.1) is 6.92 Å². The lowest BCUT2D eigenvalue weighted by Crippen LogP contribution is -2.21. The maximum Gasteiger partial charge on any atom is 0.416 e. The molecule has 0 bridgehead atoms. The fourth-order valence-electron chi connectivity index (χ4n) is 3.44. The number of alkyl halides is 3. The van der Waals surface area contributed by atoms with E-state index in [9.17, 15) is 13.2 Å². The first-order chi connectivity index (χ1) is 13.6. The monoisotopic (exact) mass is 466 g/mol. The molecular weight excluding hydrogens is 449 g/mol. The van der Waals surface area contributed by atoms with Gasteiger partial charge < -0.3 is 15.6 Å². The van der Waals surface area contributed by atoms with Crippen LogP contribution in [0.15, 0.2) is 33.7 Å². The summed E-state index contributed by atoms with van der Waals surface area (Å²) in [6.45, 7) is 5.02. The minimum absolute atomic E-state index is 0.0443. The molecule has 0 amide bonds. The number of nitrogens with two attached hydrogens (primary N) is 1. The van der Waals surface area contributed by atoms with Gasteiger partial charge in [0.05, 0.1) is 21.6 Å². The van der Waals surface area contributed by atoms with Crippen molar-refractivity contribution in [2.75, 3.05) is 17.6 Å². The highest BCUT2D eigenvalue weighted by atomic mass is 79.9. The third-order valence-electron chi connectivity index (χ3n) is 4.77. The maximum absolute atomic E-state index is 13.2. The van der Waals surface area contributed by atoms with Gasteiger partial charge in [-0.05, 0) is 59.6 Å². The molecule has 0 radical (unpaired) electrons. The number of rotatable bonds is 2. The lowest BCUT2D eigenvalue weighted by Gasteiger charge is -2.16. The average Bonchev–Trinajstić information content (AvgIpc) is 3.12. The number of hydrogen-bond acceptors (Lipinski definition) is 5. The number of pyridine rings is 1. The summed E-state index contributed by atoms with van der Waals surface area (Å²) in [4.78, 5) is 13.6. The molecule has 3 aliphatic rings. The quantitative estimate of drug-likeness (QED) is 0.556. The van der Waals surface area contributed by atoms with E-state index in [1.807, 2.05) is 10.6 Å². The first-order valence-electron chi connectivity index (χ1n) is 8.96. The van der Waals surface area contributed by atoms with Gasteiger partial charge in [-0.3, -0.25) is 4.99 Å². The van der Waals surface area contributed by atoms with Crippen LogP contribution < -0.4 is 16.5 Å². The van der Waals surface area contributed by atoms with Gasteiger partial charge in [0.25, 0.3) is 0 Å². The van der Waals surface area contributed by atoms with Crippen molar-refractivity contribution in [3.05, 3.63) is 51.2 Å². The Morgan fingerprint density at radius 3 is 2.72 bits per heavy atom. The lowest BCUT2D eigenvalue weighted by molar-refractivity contribution is -0.137. The summed E-state index contributed by atoms with van der Waals surface area (Å²) in [5.74, 6) is 2.20.